The van der Waals surface area contributed by atoms with E-state index in [1.807, 2.05) is 45.0 Å². The van der Waals surface area contributed by atoms with E-state index in [2.05, 4.69) is 10.2 Å². The molecule has 0 aromatic heterocycles. The lowest BCUT2D eigenvalue weighted by Crippen LogP contribution is -2.57. The lowest BCUT2D eigenvalue weighted by molar-refractivity contribution is -0.140. The molecule has 3 heterocycles. The Balaban J connectivity index is 1.23. The molecule has 4 atom stereocenters. The average molecular weight is 498 g/mol. The Morgan fingerprint density at radius 3 is 2.33 bits per heavy atom. The van der Waals surface area contributed by atoms with Gasteiger partial charge in [-0.25, -0.2) is 0 Å². The molecule has 8 heteroatoms. The van der Waals surface area contributed by atoms with Crippen molar-refractivity contribution in [1.29, 1.82) is 0 Å². The van der Waals surface area contributed by atoms with Gasteiger partial charge < -0.3 is 25.0 Å². The van der Waals surface area contributed by atoms with Crippen LogP contribution in [0.4, 0.5) is 0 Å². The summed E-state index contributed by atoms with van der Waals surface area (Å²) in [5.41, 5.74) is 1.18. The van der Waals surface area contributed by atoms with Crippen molar-refractivity contribution in [1.82, 2.24) is 15.1 Å². The maximum atomic E-state index is 13.5. The third-order valence-corrected chi connectivity index (χ3v) is 8.59. The van der Waals surface area contributed by atoms with E-state index in [9.17, 15) is 19.5 Å². The summed E-state index contributed by atoms with van der Waals surface area (Å²) in [6, 6.07) is 6.94. The fraction of sp³-hybridized carbons (Fsp3) is 0.679. The highest BCUT2D eigenvalue weighted by Crippen LogP contribution is 2.34. The summed E-state index contributed by atoms with van der Waals surface area (Å²) in [4.78, 5) is 43.1. The first kappa shape index (κ1) is 25.4. The van der Waals surface area contributed by atoms with Crippen LogP contribution in [0.3, 0.4) is 0 Å². The first-order chi connectivity index (χ1) is 17.1. The van der Waals surface area contributed by atoms with Gasteiger partial charge in [-0.05, 0) is 67.8 Å². The van der Waals surface area contributed by atoms with Crippen molar-refractivity contribution in [2.75, 3.05) is 26.2 Å². The molecule has 0 unspecified atom stereocenters. The van der Waals surface area contributed by atoms with Crippen LogP contribution in [0.1, 0.15) is 74.7 Å². The fourth-order valence-electron chi connectivity index (χ4n) is 6.14. The number of carbonyl (C=O) groups excluding carboxylic acids is 3. The molecular weight excluding hydrogens is 458 g/mol. The topological polar surface area (TPSA) is 99.2 Å². The number of aliphatic hydroxyl groups excluding tert-OH is 1. The van der Waals surface area contributed by atoms with Crippen LogP contribution < -0.4 is 5.32 Å². The molecule has 5 rings (SSSR count). The van der Waals surface area contributed by atoms with Crippen LogP contribution in [0.15, 0.2) is 24.3 Å². The van der Waals surface area contributed by atoms with E-state index in [1.54, 1.807) is 0 Å². The van der Waals surface area contributed by atoms with Gasteiger partial charge in [-0.3, -0.25) is 14.4 Å². The van der Waals surface area contributed by atoms with Crippen LogP contribution in [0.2, 0.25) is 0 Å². The first-order valence-corrected chi connectivity index (χ1v) is 13.4. The number of carbonyl (C=O) groups is 3. The van der Waals surface area contributed by atoms with Gasteiger partial charge in [0.1, 0.15) is 30.9 Å². The zero-order valence-electron chi connectivity index (χ0n) is 21.6. The average Bonchev–Trinajstić information content (AvgIpc) is 3.36. The standard InChI is InChI=1S/C28H39N3O5/c1-28(2,3)25(27(35)31-15-21(32)24-23(31)22(33)16-36-24)29-26(34)19-9-7-17(8-10-19)18-11-13-30(14-12-18)20-5-4-6-20/h7-10,18,20-21,23-25,32H,4-6,11-16H2,1-3H3,(H,29,34)/t21-,23+,24+,25+/m0/s1. The number of rotatable bonds is 5. The van der Waals surface area contributed by atoms with Crippen molar-refractivity contribution in [3.05, 3.63) is 35.4 Å². The minimum absolute atomic E-state index is 0.0244. The molecule has 8 nitrogen and oxygen atoms in total. The highest BCUT2D eigenvalue weighted by atomic mass is 16.5. The van der Waals surface area contributed by atoms with E-state index in [1.165, 1.54) is 29.7 Å². The number of fused-ring (bicyclic) bond motifs is 1. The van der Waals surface area contributed by atoms with Crippen LogP contribution in [0.25, 0.3) is 0 Å². The second kappa shape index (κ2) is 9.88. The molecule has 3 saturated heterocycles. The number of β-amino-alcohol motifs (C(OH)–C–C–N with tert-alkyl or cyclic N) is 1. The van der Waals surface area contributed by atoms with Gasteiger partial charge in [0.15, 0.2) is 5.78 Å². The van der Waals surface area contributed by atoms with Crippen LogP contribution in [0.5, 0.6) is 0 Å². The highest BCUT2D eigenvalue weighted by Gasteiger charge is 2.53. The zero-order valence-corrected chi connectivity index (χ0v) is 21.6. The van der Waals surface area contributed by atoms with Gasteiger partial charge in [-0.2, -0.15) is 0 Å². The third-order valence-electron chi connectivity index (χ3n) is 8.59. The second-order valence-corrected chi connectivity index (χ2v) is 12.0. The van der Waals surface area contributed by atoms with Crippen LogP contribution in [-0.4, -0.2) is 89.1 Å². The maximum absolute atomic E-state index is 13.5. The number of nitrogens with zero attached hydrogens (tertiary/aromatic N) is 2. The Labute approximate surface area is 213 Å². The first-order valence-electron chi connectivity index (χ1n) is 13.4. The smallest absolute Gasteiger partial charge is 0.251 e. The van der Waals surface area contributed by atoms with Crippen LogP contribution >= 0.6 is 0 Å². The van der Waals surface area contributed by atoms with Gasteiger partial charge in [0.2, 0.25) is 5.91 Å². The van der Waals surface area contributed by atoms with Crippen molar-refractivity contribution in [2.24, 2.45) is 5.41 Å². The Bertz CT molecular complexity index is 991. The summed E-state index contributed by atoms with van der Waals surface area (Å²) in [7, 11) is 0. The predicted octanol–water partition coefficient (Wildman–Crippen LogP) is 2.10. The summed E-state index contributed by atoms with van der Waals surface area (Å²) < 4.78 is 5.40. The number of benzene rings is 1. The van der Waals surface area contributed by atoms with E-state index >= 15 is 0 Å². The highest BCUT2D eigenvalue weighted by molar-refractivity contribution is 5.99. The number of ketones is 1. The van der Waals surface area contributed by atoms with Gasteiger partial charge >= 0.3 is 0 Å². The van der Waals surface area contributed by atoms with Gasteiger partial charge in [0, 0.05) is 11.6 Å². The molecule has 1 aromatic rings. The molecule has 1 saturated carbocycles. The molecule has 36 heavy (non-hydrogen) atoms. The number of hydrogen-bond donors (Lipinski definition) is 2. The number of amides is 2. The minimum Gasteiger partial charge on any atom is -0.388 e. The van der Waals surface area contributed by atoms with Crippen LogP contribution in [-0.2, 0) is 14.3 Å². The van der Waals surface area contributed by atoms with E-state index in [0.29, 0.717) is 11.5 Å². The number of Topliss-reactive ketones (excluding diaryl/α,β-unsaturated/α-hetero) is 1. The van der Waals surface area contributed by atoms with Crippen molar-refractivity contribution < 1.29 is 24.2 Å². The summed E-state index contributed by atoms with van der Waals surface area (Å²) in [6.07, 6.45) is 4.75. The van der Waals surface area contributed by atoms with Gasteiger partial charge in [-0.1, -0.05) is 39.3 Å². The third kappa shape index (κ3) is 4.83. The van der Waals surface area contributed by atoms with Crippen molar-refractivity contribution in [3.63, 3.8) is 0 Å². The molecule has 2 amide bonds. The normalized spacial score (nSPS) is 28.6. The van der Waals surface area contributed by atoms with Gasteiger partial charge in [0.05, 0.1) is 6.54 Å². The molecule has 0 spiro atoms. The minimum atomic E-state index is -0.908. The van der Waals surface area contributed by atoms with E-state index in [0.717, 1.165) is 32.0 Å². The summed E-state index contributed by atoms with van der Waals surface area (Å²) >= 11 is 0. The number of hydrogen-bond acceptors (Lipinski definition) is 6. The molecule has 196 valence electrons. The summed E-state index contributed by atoms with van der Waals surface area (Å²) in [6.45, 7) is 7.86. The molecule has 0 bridgehead atoms. The number of piperidine rings is 1. The molecule has 4 aliphatic rings. The van der Waals surface area contributed by atoms with E-state index in [-0.39, 0.29) is 30.7 Å². The molecular formula is C28H39N3O5. The van der Waals surface area contributed by atoms with E-state index < -0.39 is 29.7 Å². The quantitative estimate of drug-likeness (QED) is 0.647. The second-order valence-electron chi connectivity index (χ2n) is 12.0. The number of aliphatic hydroxyl groups is 1. The monoisotopic (exact) mass is 497 g/mol. The molecule has 1 aromatic carbocycles. The Hall–Kier alpha value is -2.29. The number of ether oxygens (including phenoxy) is 1. The van der Waals surface area contributed by atoms with Gasteiger partial charge in [0.25, 0.3) is 5.91 Å². The molecule has 0 radical (unpaired) electrons. The van der Waals surface area contributed by atoms with Crippen molar-refractivity contribution >= 4 is 17.6 Å². The van der Waals surface area contributed by atoms with Gasteiger partial charge in [-0.15, -0.1) is 0 Å². The number of likely N-dealkylation sites (tertiary alicyclic amines) is 2. The number of nitrogens with one attached hydrogen (secondary N) is 1. The molecule has 4 fully saturated rings. The fourth-order valence-corrected chi connectivity index (χ4v) is 6.14. The molecule has 1 aliphatic carbocycles. The predicted molar refractivity (Wildman–Crippen MR) is 135 cm³/mol. The summed E-state index contributed by atoms with van der Waals surface area (Å²) in [5, 5.41) is 13.2. The molecule has 2 N–H and O–H groups in total. The van der Waals surface area contributed by atoms with Crippen LogP contribution in [0, 0.1) is 5.41 Å². The SMILES string of the molecule is CC(C)(C)[C@H](NC(=O)c1ccc(C2CCN(C3CCC3)CC2)cc1)C(=O)N1C[C@H](O)[C@H]2OCC(=O)[C@H]21. The van der Waals surface area contributed by atoms with Crippen molar-refractivity contribution in [3.8, 4) is 0 Å². The Morgan fingerprint density at radius 1 is 1.08 bits per heavy atom. The summed E-state index contributed by atoms with van der Waals surface area (Å²) in [5.74, 6) is -0.378. The Morgan fingerprint density at radius 2 is 1.75 bits per heavy atom. The van der Waals surface area contributed by atoms with Crippen molar-refractivity contribution in [2.45, 2.75) is 89.1 Å². The van der Waals surface area contributed by atoms with E-state index in [4.69, 9.17) is 4.74 Å². The molecule has 3 aliphatic heterocycles. The zero-order chi connectivity index (χ0) is 25.6. The largest absolute Gasteiger partial charge is 0.388 e. The lowest BCUT2D eigenvalue weighted by atomic mass is 9.84. The lowest BCUT2D eigenvalue weighted by Gasteiger charge is -2.42. The maximum Gasteiger partial charge on any atom is 0.251 e. The Kier molecular flexibility index (Phi) is 6.96.